The third kappa shape index (κ3) is 1.99. The molecule has 4 nitrogen and oxygen atoms in total. The first-order valence-electron chi connectivity index (χ1n) is 7.15. The van der Waals surface area contributed by atoms with Gasteiger partial charge in [-0.3, -0.25) is 4.79 Å². The fourth-order valence-electron chi connectivity index (χ4n) is 2.86. The Balaban J connectivity index is 2.20. The number of hydrogen-bond donors (Lipinski definition) is 0. The maximum atomic E-state index is 12.9. The molecule has 4 heteroatoms. The van der Waals surface area contributed by atoms with Crippen LogP contribution in [0.1, 0.15) is 10.4 Å². The van der Waals surface area contributed by atoms with E-state index in [1.165, 1.54) is 7.11 Å². The van der Waals surface area contributed by atoms with Crippen molar-refractivity contribution in [3.63, 3.8) is 0 Å². The van der Waals surface area contributed by atoms with Crippen LogP contribution in [0.4, 0.5) is 0 Å². The smallest absolute Gasteiger partial charge is 0.337 e. The summed E-state index contributed by atoms with van der Waals surface area (Å²) in [6.07, 6.45) is 0. The fourth-order valence-corrected chi connectivity index (χ4v) is 2.86. The molecule has 0 spiro atoms. The van der Waals surface area contributed by atoms with E-state index in [1.807, 2.05) is 12.1 Å². The van der Waals surface area contributed by atoms with Crippen LogP contribution >= 0.6 is 0 Å². The van der Waals surface area contributed by atoms with Crippen molar-refractivity contribution in [1.82, 2.24) is 0 Å². The first-order chi connectivity index (χ1) is 11.2. The van der Waals surface area contributed by atoms with Crippen LogP contribution in [0.2, 0.25) is 0 Å². The number of esters is 1. The van der Waals surface area contributed by atoms with Crippen LogP contribution in [0.3, 0.4) is 0 Å². The summed E-state index contributed by atoms with van der Waals surface area (Å²) in [7, 11) is 1.33. The molecule has 0 aliphatic rings. The van der Waals surface area contributed by atoms with Crippen LogP contribution in [-0.4, -0.2) is 13.1 Å². The number of ether oxygens (including phenoxy) is 1. The molecule has 0 aliphatic carbocycles. The van der Waals surface area contributed by atoms with E-state index in [0.29, 0.717) is 32.9 Å². The first kappa shape index (κ1) is 13.5. The summed E-state index contributed by atoms with van der Waals surface area (Å²) in [5, 5.41) is 2.56. The van der Waals surface area contributed by atoms with Gasteiger partial charge in [0.25, 0.3) is 0 Å². The summed E-state index contributed by atoms with van der Waals surface area (Å²) < 4.78 is 10.6. The van der Waals surface area contributed by atoms with Crippen LogP contribution in [-0.2, 0) is 4.74 Å². The molecule has 1 heterocycles. The van der Waals surface area contributed by atoms with Crippen molar-refractivity contribution in [2.75, 3.05) is 7.11 Å². The van der Waals surface area contributed by atoms with Crippen LogP contribution in [0, 0.1) is 0 Å². The number of rotatable bonds is 1. The standard InChI is InChI=1S/C19H12O4/c1-22-19(21)12-7-6-11-8-9-16-17(14(11)10-12)18(20)13-4-2-3-5-15(13)23-16/h2-10H,1H3. The molecule has 0 aliphatic heterocycles. The number of carbonyl (C=O) groups is 1. The minimum atomic E-state index is -0.436. The van der Waals surface area contributed by atoms with Gasteiger partial charge >= 0.3 is 5.97 Å². The molecule has 0 fully saturated rings. The SMILES string of the molecule is COC(=O)c1ccc2ccc3oc4ccccc4c(=O)c3c2c1. The Bertz CT molecular complexity index is 1140. The first-order valence-corrected chi connectivity index (χ1v) is 7.15. The highest BCUT2D eigenvalue weighted by Gasteiger charge is 2.13. The zero-order valence-electron chi connectivity index (χ0n) is 12.3. The van der Waals surface area contributed by atoms with Crippen LogP contribution in [0.25, 0.3) is 32.7 Å². The van der Waals surface area contributed by atoms with Gasteiger partial charge in [0, 0.05) is 0 Å². The van der Waals surface area contributed by atoms with Gasteiger partial charge in [-0.15, -0.1) is 0 Å². The third-order valence-corrected chi connectivity index (χ3v) is 3.98. The molecule has 23 heavy (non-hydrogen) atoms. The number of carbonyl (C=O) groups excluding carboxylic acids is 1. The zero-order chi connectivity index (χ0) is 16.0. The van der Waals surface area contributed by atoms with Crippen LogP contribution in [0.15, 0.2) is 63.8 Å². The highest BCUT2D eigenvalue weighted by atomic mass is 16.5. The van der Waals surface area contributed by atoms with Crippen molar-refractivity contribution >= 4 is 38.7 Å². The predicted molar refractivity (Wildman–Crippen MR) is 88.8 cm³/mol. The molecule has 4 rings (SSSR count). The zero-order valence-corrected chi connectivity index (χ0v) is 12.3. The normalized spacial score (nSPS) is 11.2. The van der Waals surface area contributed by atoms with Gasteiger partial charge in [-0.25, -0.2) is 4.79 Å². The Labute approximate surface area is 130 Å². The minimum absolute atomic E-state index is 0.102. The summed E-state index contributed by atoms with van der Waals surface area (Å²) in [5.41, 5.74) is 1.35. The van der Waals surface area contributed by atoms with Gasteiger partial charge in [0.2, 0.25) is 5.43 Å². The van der Waals surface area contributed by atoms with E-state index in [1.54, 1.807) is 42.5 Å². The van der Waals surface area contributed by atoms with Crippen molar-refractivity contribution < 1.29 is 13.9 Å². The summed E-state index contributed by atoms with van der Waals surface area (Å²) in [6.45, 7) is 0. The molecule has 3 aromatic carbocycles. The molecule has 4 aromatic rings. The Kier molecular flexibility index (Phi) is 2.91. The molecule has 0 unspecified atom stereocenters. The average molecular weight is 304 g/mol. The van der Waals surface area contributed by atoms with Crippen molar-refractivity contribution in [1.29, 1.82) is 0 Å². The lowest BCUT2D eigenvalue weighted by Crippen LogP contribution is -2.04. The van der Waals surface area contributed by atoms with E-state index >= 15 is 0 Å². The third-order valence-electron chi connectivity index (χ3n) is 3.98. The van der Waals surface area contributed by atoms with Crippen molar-refractivity contribution in [3.05, 3.63) is 70.4 Å². The Hall–Kier alpha value is -3.14. The second-order valence-electron chi connectivity index (χ2n) is 5.29. The van der Waals surface area contributed by atoms with E-state index < -0.39 is 5.97 Å². The Morgan fingerprint density at radius 3 is 2.57 bits per heavy atom. The lowest BCUT2D eigenvalue weighted by atomic mass is 10.0. The molecule has 0 saturated heterocycles. The molecular weight excluding hydrogens is 292 g/mol. The average Bonchev–Trinajstić information content (AvgIpc) is 2.60. The number of benzene rings is 3. The fraction of sp³-hybridized carbons (Fsp3) is 0.0526. The maximum absolute atomic E-state index is 12.9. The lowest BCUT2D eigenvalue weighted by Gasteiger charge is -2.06. The molecule has 1 aromatic heterocycles. The van der Waals surface area contributed by atoms with E-state index in [-0.39, 0.29) is 5.43 Å². The largest absolute Gasteiger partial charge is 0.465 e. The number of para-hydroxylation sites is 1. The molecule has 0 radical (unpaired) electrons. The molecule has 0 amide bonds. The maximum Gasteiger partial charge on any atom is 0.337 e. The highest BCUT2D eigenvalue weighted by molar-refractivity contribution is 6.10. The number of hydrogen-bond acceptors (Lipinski definition) is 4. The van der Waals surface area contributed by atoms with Gasteiger partial charge in [0.05, 0.1) is 23.4 Å². The molecular formula is C19H12O4. The molecule has 0 bridgehead atoms. The highest BCUT2D eigenvalue weighted by Crippen LogP contribution is 2.27. The number of methoxy groups -OCH3 is 1. The summed E-state index contributed by atoms with van der Waals surface area (Å²) >= 11 is 0. The van der Waals surface area contributed by atoms with Gasteiger partial charge in [-0.1, -0.05) is 24.3 Å². The topological polar surface area (TPSA) is 56.5 Å². The van der Waals surface area contributed by atoms with Gasteiger partial charge in [-0.2, -0.15) is 0 Å². The van der Waals surface area contributed by atoms with E-state index in [4.69, 9.17) is 9.15 Å². The van der Waals surface area contributed by atoms with Crippen LogP contribution in [0.5, 0.6) is 0 Å². The number of fused-ring (bicyclic) bond motifs is 4. The van der Waals surface area contributed by atoms with Gasteiger partial charge < -0.3 is 9.15 Å². The quantitative estimate of drug-likeness (QED) is 0.304. The van der Waals surface area contributed by atoms with E-state index in [2.05, 4.69) is 0 Å². The van der Waals surface area contributed by atoms with Crippen molar-refractivity contribution in [2.45, 2.75) is 0 Å². The second kappa shape index (κ2) is 4.95. The second-order valence-corrected chi connectivity index (χ2v) is 5.29. The monoisotopic (exact) mass is 304 g/mol. The lowest BCUT2D eigenvalue weighted by molar-refractivity contribution is 0.0601. The van der Waals surface area contributed by atoms with Gasteiger partial charge in [-0.05, 0) is 41.1 Å². The van der Waals surface area contributed by atoms with Crippen molar-refractivity contribution in [3.8, 4) is 0 Å². The summed E-state index contributed by atoms with van der Waals surface area (Å²) in [5.74, 6) is -0.436. The van der Waals surface area contributed by atoms with Crippen LogP contribution < -0.4 is 5.43 Å². The molecule has 112 valence electrons. The Morgan fingerprint density at radius 2 is 1.74 bits per heavy atom. The summed E-state index contributed by atoms with van der Waals surface area (Å²) in [4.78, 5) is 24.6. The molecule has 0 atom stereocenters. The van der Waals surface area contributed by atoms with E-state index in [0.717, 1.165) is 5.39 Å². The van der Waals surface area contributed by atoms with Gasteiger partial charge in [0.1, 0.15) is 11.2 Å². The van der Waals surface area contributed by atoms with Crippen molar-refractivity contribution in [2.24, 2.45) is 0 Å². The molecule has 0 saturated carbocycles. The van der Waals surface area contributed by atoms with E-state index in [9.17, 15) is 9.59 Å². The summed E-state index contributed by atoms with van der Waals surface area (Å²) in [6, 6.07) is 16.0. The van der Waals surface area contributed by atoms with Gasteiger partial charge in [0.15, 0.2) is 0 Å². The predicted octanol–water partition coefficient (Wildman–Crippen LogP) is 3.89. The molecule has 0 N–H and O–H groups in total. The Morgan fingerprint density at radius 1 is 0.957 bits per heavy atom. The minimum Gasteiger partial charge on any atom is -0.465 e.